The molecule has 0 radical (unpaired) electrons. The van der Waals surface area contributed by atoms with Crippen LogP contribution in [0.25, 0.3) is 11.1 Å². The molecule has 0 aromatic heterocycles. The molecule has 0 bridgehead atoms. The number of nitrogens with zero attached hydrogens (tertiary/aromatic N) is 1. The van der Waals surface area contributed by atoms with Crippen molar-refractivity contribution >= 4 is 15.9 Å². The second-order valence-corrected chi connectivity index (χ2v) is 4.56. The van der Waals surface area contributed by atoms with Gasteiger partial charge in [0.05, 0.1) is 11.6 Å². The molecule has 78 valence electrons. The second kappa shape index (κ2) is 4.51. The van der Waals surface area contributed by atoms with Crippen LogP contribution in [0.5, 0.6) is 0 Å². The zero-order valence-electron chi connectivity index (χ0n) is 8.87. The lowest BCUT2D eigenvalue weighted by atomic mass is 10.00. The fourth-order valence-electron chi connectivity index (χ4n) is 1.68. The minimum absolute atomic E-state index is 0.693. The topological polar surface area (TPSA) is 23.8 Å². The largest absolute Gasteiger partial charge is 0.192 e. The summed E-state index contributed by atoms with van der Waals surface area (Å²) < 4.78 is 1.09. The van der Waals surface area contributed by atoms with E-state index < -0.39 is 0 Å². The monoisotopic (exact) mass is 271 g/mol. The molecule has 0 aliphatic carbocycles. The van der Waals surface area contributed by atoms with Gasteiger partial charge in [-0.05, 0) is 47.9 Å². The number of nitriles is 1. The molecule has 16 heavy (non-hydrogen) atoms. The van der Waals surface area contributed by atoms with Gasteiger partial charge in [-0.3, -0.25) is 0 Å². The molecular weight excluding hydrogens is 262 g/mol. The number of aryl methyl sites for hydroxylation is 1. The standard InChI is InChI=1S/C14H10BrN/c1-10-8-13(15)6-7-14(10)12-4-2-11(9-16)3-5-12/h2-8H,1H3. The Hall–Kier alpha value is -1.59. The molecule has 0 N–H and O–H groups in total. The maximum Gasteiger partial charge on any atom is 0.0991 e. The van der Waals surface area contributed by atoms with E-state index in [-0.39, 0.29) is 0 Å². The number of hydrogen-bond donors (Lipinski definition) is 0. The number of rotatable bonds is 1. The van der Waals surface area contributed by atoms with Gasteiger partial charge in [0.15, 0.2) is 0 Å². The van der Waals surface area contributed by atoms with Gasteiger partial charge in [-0.15, -0.1) is 0 Å². The molecule has 0 saturated carbocycles. The average molecular weight is 272 g/mol. The van der Waals surface area contributed by atoms with Gasteiger partial charge in [-0.25, -0.2) is 0 Å². The fraction of sp³-hybridized carbons (Fsp3) is 0.0714. The van der Waals surface area contributed by atoms with Crippen molar-refractivity contribution in [2.45, 2.75) is 6.92 Å². The first kappa shape index (κ1) is 10.9. The lowest BCUT2D eigenvalue weighted by Crippen LogP contribution is -1.83. The molecule has 0 fully saturated rings. The molecule has 1 nitrogen and oxygen atoms in total. The Morgan fingerprint density at radius 2 is 1.75 bits per heavy atom. The highest BCUT2D eigenvalue weighted by atomic mass is 79.9. The van der Waals surface area contributed by atoms with Gasteiger partial charge in [0.1, 0.15) is 0 Å². The van der Waals surface area contributed by atoms with Gasteiger partial charge >= 0.3 is 0 Å². The van der Waals surface area contributed by atoms with E-state index in [0.717, 1.165) is 10.0 Å². The van der Waals surface area contributed by atoms with Crippen LogP contribution in [-0.2, 0) is 0 Å². The molecule has 0 heterocycles. The van der Waals surface area contributed by atoms with E-state index in [1.54, 1.807) is 0 Å². The minimum Gasteiger partial charge on any atom is -0.192 e. The second-order valence-electron chi connectivity index (χ2n) is 3.65. The summed E-state index contributed by atoms with van der Waals surface area (Å²) in [5, 5.41) is 8.73. The maximum absolute atomic E-state index is 8.73. The van der Waals surface area contributed by atoms with Gasteiger partial charge in [-0.2, -0.15) is 5.26 Å². The zero-order valence-corrected chi connectivity index (χ0v) is 10.5. The molecule has 0 saturated heterocycles. The van der Waals surface area contributed by atoms with Crippen LogP contribution in [0.3, 0.4) is 0 Å². The molecule has 2 heteroatoms. The lowest BCUT2D eigenvalue weighted by molar-refractivity contribution is 1.43. The van der Waals surface area contributed by atoms with Crippen LogP contribution in [0.2, 0.25) is 0 Å². The van der Waals surface area contributed by atoms with Crippen molar-refractivity contribution in [1.82, 2.24) is 0 Å². The Labute approximate surface area is 103 Å². The molecule has 0 aliphatic heterocycles. The number of halogens is 1. The van der Waals surface area contributed by atoms with Crippen molar-refractivity contribution in [3.05, 3.63) is 58.1 Å². The Morgan fingerprint density at radius 1 is 1.06 bits per heavy atom. The minimum atomic E-state index is 0.693. The number of benzene rings is 2. The lowest BCUT2D eigenvalue weighted by Gasteiger charge is -2.06. The van der Waals surface area contributed by atoms with Crippen LogP contribution in [0.15, 0.2) is 46.9 Å². The Balaban J connectivity index is 2.47. The summed E-state index contributed by atoms with van der Waals surface area (Å²) in [6, 6.07) is 16.0. The van der Waals surface area contributed by atoms with Gasteiger partial charge in [0.2, 0.25) is 0 Å². The van der Waals surface area contributed by atoms with E-state index in [0.29, 0.717) is 5.56 Å². The van der Waals surface area contributed by atoms with Crippen LogP contribution in [0, 0.1) is 18.3 Å². The van der Waals surface area contributed by atoms with Crippen molar-refractivity contribution in [3.8, 4) is 17.2 Å². The number of hydrogen-bond acceptors (Lipinski definition) is 1. The fourth-order valence-corrected chi connectivity index (χ4v) is 2.15. The highest BCUT2D eigenvalue weighted by Gasteiger charge is 2.02. The average Bonchev–Trinajstić information content (AvgIpc) is 2.29. The Bertz CT molecular complexity index is 550. The highest BCUT2D eigenvalue weighted by molar-refractivity contribution is 9.10. The smallest absolute Gasteiger partial charge is 0.0991 e. The van der Waals surface area contributed by atoms with E-state index in [4.69, 9.17) is 5.26 Å². The van der Waals surface area contributed by atoms with Crippen LogP contribution < -0.4 is 0 Å². The summed E-state index contributed by atoms with van der Waals surface area (Å²) in [5.74, 6) is 0. The first-order chi connectivity index (χ1) is 7.70. The van der Waals surface area contributed by atoms with Crippen molar-refractivity contribution in [3.63, 3.8) is 0 Å². The summed E-state index contributed by atoms with van der Waals surface area (Å²) in [5.41, 5.74) is 4.26. The van der Waals surface area contributed by atoms with Crippen molar-refractivity contribution < 1.29 is 0 Å². The van der Waals surface area contributed by atoms with Crippen LogP contribution in [-0.4, -0.2) is 0 Å². The molecule has 0 amide bonds. The van der Waals surface area contributed by atoms with Gasteiger partial charge in [0.25, 0.3) is 0 Å². The summed E-state index contributed by atoms with van der Waals surface area (Å²) >= 11 is 3.45. The van der Waals surface area contributed by atoms with E-state index >= 15 is 0 Å². The molecule has 0 atom stereocenters. The van der Waals surface area contributed by atoms with Crippen LogP contribution in [0.1, 0.15) is 11.1 Å². The van der Waals surface area contributed by atoms with Crippen LogP contribution in [0.4, 0.5) is 0 Å². The van der Waals surface area contributed by atoms with E-state index in [9.17, 15) is 0 Å². The van der Waals surface area contributed by atoms with Gasteiger partial charge < -0.3 is 0 Å². The molecule has 2 aromatic carbocycles. The molecule has 2 aromatic rings. The van der Waals surface area contributed by atoms with Crippen LogP contribution >= 0.6 is 15.9 Å². The third-order valence-electron chi connectivity index (χ3n) is 2.51. The maximum atomic E-state index is 8.73. The zero-order chi connectivity index (χ0) is 11.5. The van der Waals surface area contributed by atoms with Crippen molar-refractivity contribution in [2.75, 3.05) is 0 Å². The van der Waals surface area contributed by atoms with Crippen molar-refractivity contribution in [1.29, 1.82) is 5.26 Å². The van der Waals surface area contributed by atoms with Gasteiger partial charge in [0, 0.05) is 4.47 Å². The third kappa shape index (κ3) is 2.15. The predicted molar refractivity (Wildman–Crippen MR) is 69.0 cm³/mol. The third-order valence-corrected chi connectivity index (χ3v) is 3.01. The van der Waals surface area contributed by atoms with Crippen molar-refractivity contribution in [2.24, 2.45) is 0 Å². The molecule has 0 unspecified atom stereocenters. The Kier molecular flexibility index (Phi) is 3.07. The quantitative estimate of drug-likeness (QED) is 0.759. The first-order valence-corrected chi connectivity index (χ1v) is 5.76. The summed E-state index contributed by atoms with van der Waals surface area (Å²) in [6.07, 6.45) is 0. The van der Waals surface area contributed by atoms with E-state index in [1.807, 2.05) is 30.3 Å². The van der Waals surface area contributed by atoms with E-state index in [2.05, 4.69) is 41.1 Å². The van der Waals surface area contributed by atoms with E-state index in [1.165, 1.54) is 11.1 Å². The summed E-state index contributed by atoms with van der Waals surface area (Å²) in [7, 11) is 0. The predicted octanol–water partition coefficient (Wildman–Crippen LogP) is 4.30. The summed E-state index contributed by atoms with van der Waals surface area (Å²) in [6.45, 7) is 2.08. The van der Waals surface area contributed by atoms with Gasteiger partial charge in [-0.1, -0.05) is 34.1 Å². The molecule has 0 spiro atoms. The molecule has 0 aliphatic rings. The SMILES string of the molecule is Cc1cc(Br)ccc1-c1ccc(C#N)cc1. The summed E-state index contributed by atoms with van der Waals surface area (Å²) in [4.78, 5) is 0. The Morgan fingerprint density at radius 3 is 2.31 bits per heavy atom. The highest BCUT2D eigenvalue weighted by Crippen LogP contribution is 2.26. The first-order valence-electron chi connectivity index (χ1n) is 4.97. The molecule has 2 rings (SSSR count). The molecular formula is C14H10BrN. The normalized spacial score (nSPS) is 9.81.